The van der Waals surface area contributed by atoms with Gasteiger partial charge in [-0.15, -0.1) is 0 Å². The lowest BCUT2D eigenvalue weighted by Crippen LogP contribution is -2.39. The SMILES string of the molecule is CCNC(=O)N(Cc1ccc(F)cc1)Cc1c(C)nn(-c2cccc(Cl)c2)c1Oc1ccc(OC)cc1. The summed E-state index contributed by atoms with van der Waals surface area (Å²) in [4.78, 5) is 14.7. The smallest absolute Gasteiger partial charge is 0.317 e. The quantitative estimate of drug-likeness (QED) is 0.272. The number of benzene rings is 3. The number of urea groups is 1. The van der Waals surface area contributed by atoms with Crippen LogP contribution in [0.2, 0.25) is 5.02 Å². The van der Waals surface area contributed by atoms with E-state index in [-0.39, 0.29) is 24.9 Å². The first-order valence-corrected chi connectivity index (χ1v) is 12.2. The molecule has 0 aliphatic carbocycles. The average Bonchev–Trinajstić information content (AvgIpc) is 3.20. The first kappa shape index (κ1) is 26.0. The standard InChI is InChI=1S/C28H28ClFN4O3/c1-4-31-28(35)33(17-20-8-10-22(30)11-9-20)18-26-19(2)32-34(23-7-5-6-21(29)16-23)27(26)37-25-14-12-24(36-3)13-15-25/h5-16H,4,17-18H2,1-3H3,(H,31,35). The van der Waals surface area contributed by atoms with Gasteiger partial charge in [0.15, 0.2) is 0 Å². The van der Waals surface area contributed by atoms with Crippen molar-refractivity contribution in [1.29, 1.82) is 0 Å². The number of halogens is 2. The summed E-state index contributed by atoms with van der Waals surface area (Å²) >= 11 is 6.27. The molecule has 1 heterocycles. The summed E-state index contributed by atoms with van der Waals surface area (Å²) in [5.41, 5.74) is 2.93. The Morgan fingerprint density at radius 2 is 1.76 bits per heavy atom. The minimum atomic E-state index is -0.331. The van der Waals surface area contributed by atoms with Gasteiger partial charge in [0.2, 0.25) is 5.88 Å². The van der Waals surface area contributed by atoms with Crippen molar-refractivity contribution in [3.05, 3.63) is 100 Å². The summed E-state index contributed by atoms with van der Waals surface area (Å²) in [5.74, 6) is 1.41. The summed E-state index contributed by atoms with van der Waals surface area (Å²) in [6.07, 6.45) is 0. The molecule has 37 heavy (non-hydrogen) atoms. The molecule has 3 aromatic carbocycles. The second-order valence-electron chi connectivity index (χ2n) is 8.36. The first-order chi connectivity index (χ1) is 17.9. The topological polar surface area (TPSA) is 68.6 Å². The maximum atomic E-state index is 13.5. The molecule has 192 valence electrons. The van der Waals surface area contributed by atoms with Crippen molar-refractivity contribution in [2.24, 2.45) is 0 Å². The van der Waals surface area contributed by atoms with Crippen LogP contribution in [0.15, 0.2) is 72.8 Å². The van der Waals surface area contributed by atoms with Gasteiger partial charge in [0, 0.05) is 18.1 Å². The van der Waals surface area contributed by atoms with Crippen LogP contribution in [-0.4, -0.2) is 34.4 Å². The zero-order valence-corrected chi connectivity index (χ0v) is 21.6. The zero-order valence-electron chi connectivity index (χ0n) is 20.9. The van der Waals surface area contributed by atoms with Crippen molar-refractivity contribution in [2.45, 2.75) is 26.9 Å². The third-order valence-corrected chi connectivity index (χ3v) is 5.95. The van der Waals surface area contributed by atoms with Crippen LogP contribution in [0.1, 0.15) is 23.7 Å². The lowest BCUT2D eigenvalue weighted by Gasteiger charge is -2.23. The molecule has 0 saturated carbocycles. The monoisotopic (exact) mass is 522 g/mol. The summed E-state index contributed by atoms with van der Waals surface area (Å²) in [5, 5.41) is 8.15. The molecule has 0 saturated heterocycles. The number of hydrogen-bond acceptors (Lipinski definition) is 4. The zero-order chi connectivity index (χ0) is 26.4. The Morgan fingerprint density at radius 1 is 1.05 bits per heavy atom. The van der Waals surface area contributed by atoms with E-state index >= 15 is 0 Å². The van der Waals surface area contributed by atoms with Crippen LogP contribution < -0.4 is 14.8 Å². The Balaban J connectivity index is 1.75. The number of nitrogens with zero attached hydrogens (tertiary/aromatic N) is 3. The lowest BCUT2D eigenvalue weighted by molar-refractivity contribution is 0.192. The maximum Gasteiger partial charge on any atom is 0.317 e. The molecule has 1 N–H and O–H groups in total. The largest absolute Gasteiger partial charge is 0.497 e. The number of ether oxygens (including phenoxy) is 2. The van der Waals surface area contributed by atoms with E-state index in [4.69, 9.17) is 26.2 Å². The predicted octanol–water partition coefficient (Wildman–Crippen LogP) is 6.51. The summed E-state index contributed by atoms with van der Waals surface area (Å²) in [7, 11) is 1.60. The number of carbonyl (C=O) groups is 1. The first-order valence-electron chi connectivity index (χ1n) is 11.8. The Labute approximate surface area is 220 Å². The molecule has 2 amide bonds. The third kappa shape index (κ3) is 6.40. The molecule has 0 aliphatic heterocycles. The van der Waals surface area contributed by atoms with Crippen LogP contribution in [-0.2, 0) is 13.1 Å². The molecule has 0 radical (unpaired) electrons. The Hall–Kier alpha value is -4.04. The molecule has 4 aromatic rings. The highest BCUT2D eigenvalue weighted by atomic mass is 35.5. The van der Waals surface area contributed by atoms with Crippen molar-refractivity contribution in [1.82, 2.24) is 20.0 Å². The summed E-state index contributed by atoms with van der Waals surface area (Å²) < 4.78 is 26.8. The van der Waals surface area contributed by atoms with Gasteiger partial charge in [-0.2, -0.15) is 5.10 Å². The Morgan fingerprint density at radius 3 is 2.41 bits per heavy atom. The number of hydrogen-bond donors (Lipinski definition) is 1. The molecule has 0 fully saturated rings. The Kier molecular flexibility index (Phi) is 8.30. The minimum Gasteiger partial charge on any atom is -0.497 e. The van der Waals surface area contributed by atoms with Crippen molar-refractivity contribution in [3.8, 4) is 23.1 Å². The highest BCUT2D eigenvalue weighted by molar-refractivity contribution is 6.30. The molecular weight excluding hydrogens is 495 g/mol. The highest BCUT2D eigenvalue weighted by Gasteiger charge is 2.24. The number of aromatic nitrogens is 2. The number of methoxy groups -OCH3 is 1. The van der Waals surface area contributed by atoms with E-state index in [1.807, 2.05) is 26.0 Å². The van der Waals surface area contributed by atoms with Crippen LogP contribution in [0, 0.1) is 12.7 Å². The summed E-state index contributed by atoms with van der Waals surface area (Å²) in [6, 6.07) is 20.3. The second-order valence-corrected chi connectivity index (χ2v) is 8.79. The van der Waals surface area contributed by atoms with Crippen LogP contribution in [0.5, 0.6) is 17.4 Å². The molecule has 0 aliphatic rings. The average molecular weight is 523 g/mol. The number of carbonyl (C=O) groups excluding carboxylic acids is 1. The van der Waals surface area contributed by atoms with Gasteiger partial charge in [0.05, 0.1) is 30.6 Å². The van der Waals surface area contributed by atoms with Gasteiger partial charge < -0.3 is 19.7 Å². The van der Waals surface area contributed by atoms with Gasteiger partial charge in [-0.1, -0.05) is 29.8 Å². The molecular formula is C28H28ClFN4O3. The van der Waals surface area contributed by atoms with E-state index in [1.165, 1.54) is 12.1 Å². The van der Waals surface area contributed by atoms with Crippen LogP contribution >= 0.6 is 11.6 Å². The fourth-order valence-corrected chi connectivity index (χ4v) is 4.01. The lowest BCUT2D eigenvalue weighted by atomic mass is 10.2. The van der Waals surface area contributed by atoms with Gasteiger partial charge in [0.1, 0.15) is 17.3 Å². The predicted molar refractivity (Wildman–Crippen MR) is 141 cm³/mol. The number of aryl methyl sites for hydroxylation is 1. The van der Waals surface area contributed by atoms with E-state index in [2.05, 4.69) is 5.32 Å². The molecule has 4 rings (SSSR count). The molecule has 7 nitrogen and oxygen atoms in total. The minimum absolute atomic E-state index is 0.209. The van der Waals surface area contributed by atoms with E-state index in [9.17, 15) is 9.18 Å². The van der Waals surface area contributed by atoms with Crippen molar-refractivity contribution >= 4 is 17.6 Å². The molecule has 9 heteroatoms. The van der Waals surface area contributed by atoms with Gasteiger partial charge >= 0.3 is 6.03 Å². The number of rotatable bonds is 9. The van der Waals surface area contributed by atoms with Gasteiger partial charge in [0.25, 0.3) is 0 Å². The van der Waals surface area contributed by atoms with Crippen LogP contribution in [0.25, 0.3) is 5.69 Å². The van der Waals surface area contributed by atoms with Crippen molar-refractivity contribution < 1.29 is 18.7 Å². The number of nitrogens with one attached hydrogen (secondary N) is 1. The van der Waals surface area contributed by atoms with Crippen LogP contribution in [0.4, 0.5) is 9.18 Å². The fourth-order valence-electron chi connectivity index (χ4n) is 3.83. The third-order valence-electron chi connectivity index (χ3n) is 5.71. The van der Waals surface area contributed by atoms with Crippen LogP contribution in [0.3, 0.4) is 0 Å². The van der Waals surface area contributed by atoms with Gasteiger partial charge in [-0.25, -0.2) is 13.9 Å². The van der Waals surface area contributed by atoms with E-state index in [0.717, 1.165) is 11.1 Å². The molecule has 0 spiro atoms. The fraction of sp³-hybridized carbons (Fsp3) is 0.214. The number of amides is 2. The Bertz CT molecular complexity index is 1360. The summed E-state index contributed by atoms with van der Waals surface area (Å²) in [6.45, 7) is 4.67. The maximum absolute atomic E-state index is 13.5. The van der Waals surface area contributed by atoms with Crippen molar-refractivity contribution in [2.75, 3.05) is 13.7 Å². The second kappa shape index (κ2) is 11.8. The normalized spacial score (nSPS) is 10.7. The molecule has 0 bridgehead atoms. The van der Waals surface area contributed by atoms with Gasteiger partial charge in [-0.3, -0.25) is 0 Å². The van der Waals surface area contributed by atoms with Gasteiger partial charge in [-0.05, 0) is 74.0 Å². The van der Waals surface area contributed by atoms with E-state index in [0.29, 0.717) is 40.3 Å². The van der Waals surface area contributed by atoms with E-state index in [1.54, 1.807) is 65.2 Å². The molecule has 0 atom stereocenters. The molecule has 1 aromatic heterocycles. The highest BCUT2D eigenvalue weighted by Crippen LogP contribution is 2.33. The van der Waals surface area contributed by atoms with E-state index < -0.39 is 0 Å². The van der Waals surface area contributed by atoms with Crippen molar-refractivity contribution in [3.63, 3.8) is 0 Å². The molecule has 0 unspecified atom stereocenters.